The Balaban J connectivity index is 1.55. The van der Waals surface area contributed by atoms with Crippen LogP contribution >= 0.6 is 0 Å². The summed E-state index contributed by atoms with van der Waals surface area (Å²) in [7, 11) is 0. The van der Waals surface area contributed by atoms with Gasteiger partial charge in [-0.15, -0.1) is 0 Å². The van der Waals surface area contributed by atoms with Gasteiger partial charge in [0.05, 0.1) is 12.2 Å². The third-order valence-corrected chi connectivity index (χ3v) is 4.39. The average Bonchev–Trinajstić information content (AvgIpc) is 3.22. The van der Waals surface area contributed by atoms with Gasteiger partial charge in [-0.2, -0.15) is 0 Å². The van der Waals surface area contributed by atoms with Crippen molar-refractivity contribution < 1.29 is 14.3 Å². The number of benzene rings is 2. The van der Waals surface area contributed by atoms with Crippen LogP contribution in [0.25, 0.3) is 0 Å². The monoisotopic (exact) mass is 388 g/mol. The fourth-order valence-corrected chi connectivity index (χ4v) is 2.82. The second-order valence-corrected chi connectivity index (χ2v) is 6.45. The van der Waals surface area contributed by atoms with Crippen LogP contribution in [0.15, 0.2) is 71.9 Å². The molecule has 0 bridgehead atoms. The van der Waals surface area contributed by atoms with E-state index in [1.165, 1.54) is 0 Å². The van der Waals surface area contributed by atoms with Crippen molar-refractivity contribution in [3.05, 3.63) is 83.7 Å². The van der Waals surface area contributed by atoms with Crippen molar-refractivity contribution in [2.24, 2.45) is 4.99 Å². The molecule has 2 N–H and O–H groups in total. The lowest BCUT2D eigenvalue weighted by atomic mass is 10.2. The number of rotatable bonds is 4. The summed E-state index contributed by atoms with van der Waals surface area (Å²) < 4.78 is 10.7. The number of hydrogen-bond acceptors (Lipinski definition) is 5. The number of amides is 1. The van der Waals surface area contributed by atoms with Crippen LogP contribution in [0.5, 0.6) is 11.5 Å². The minimum atomic E-state index is -0.302. The quantitative estimate of drug-likeness (QED) is 0.528. The molecule has 7 nitrogen and oxygen atoms in total. The fourth-order valence-electron chi connectivity index (χ4n) is 2.82. The highest BCUT2D eigenvalue weighted by atomic mass is 16.7. The molecule has 2 heterocycles. The summed E-state index contributed by atoms with van der Waals surface area (Å²) in [6.45, 7) is 2.47. The Morgan fingerprint density at radius 1 is 1.07 bits per heavy atom. The van der Waals surface area contributed by atoms with E-state index in [-0.39, 0.29) is 12.7 Å². The largest absolute Gasteiger partial charge is 0.454 e. The molecule has 146 valence electrons. The number of aryl methyl sites for hydroxylation is 1. The van der Waals surface area contributed by atoms with Crippen molar-refractivity contribution >= 4 is 17.6 Å². The number of pyridine rings is 1. The third kappa shape index (κ3) is 4.52. The Labute approximate surface area is 168 Å². The zero-order chi connectivity index (χ0) is 20.1. The first-order chi connectivity index (χ1) is 14.2. The van der Waals surface area contributed by atoms with Crippen molar-refractivity contribution in [1.82, 2.24) is 10.3 Å². The van der Waals surface area contributed by atoms with Gasteiger partial charge in [0.2, 0.25) is 12.8 Å². The number of fused-ring (bicyclic) bond motifs is 1. The van der Waals surface area contributed by atoms with E-state index >= 15 is 0 Å². The van der Waals surface area contributed by atoms with Crippen LogP contribution < -0.4 is 20.1 Å². The van der Waals surface area contributed by atoms with Gasteiger partial charge in [0.1, 0.15) is 0 Å². The summed E-state index contributed by atoms with van der Waals surface area (Å²) >= 11 is 0. The molecule has 0 radical (unpaired) electrons. The Hall–Kier alpha value is -3.87. The molecule has 0 saturated heterocycles. The lowest BCUT2D eigenvalue weighted by Crippen LogP contribution is -2.36. The molecule has 0 aliphatic carbocycles. The maximum Gasteiger partial charge on any atom is 0.258 e. The Morgan fingerprint density at radius 2 is 1.90 bits per heavy atom. The van der Waals surface area contributed by atoms with Crippen LogP contribution in [0.4, 0.5) is 5.69 Å². The molecule has 2 aromatic carbocycles. The number of aromatic nitrogens is 1. The van der Waals surface area contributed by atoms with Gasteiger partial charge in [-0.05, 0) is 48.9 Å². The Bertz CT molecular complexity index is 1050. The summed E-state index contributed by atoms with van der Waals surface area (Å²) in [5, 5.41) is 6.05. The maximum atomic E-state index is 12.8. The highest BCUT2D eigenvalue weighted by Crippen LogP contribution is 2.32. The lowest BCUT2D eigenvalue weighted by molar-refractivity contribution is 0.0976. The predicted octanol–water partition coefficient (Wildman–Crippen LogP) is 3.52. The minimum Gasteiger partial charge on any atom is -0.454 e. The SMILES string of the molecule is Cc1ccccc1NC(=NCc1ccccn1)NC(=O)c1ccc2c(c1)OCO2. The molecule has 7 heteroatoms. The molecule has 29 heavy (non-hydrogen) atoms. The number of para-hydroxylation sites is 1. The van der Waals surface area contributed by atoms with E-state index in [2.05, 4.69) is 20.6 Å². The van der Waals surface area contributed by atoms with E-state index in [9.17, 15) is 4.79 Å². The van der Waals surface area contributed by atoms with Crippen LogP contribution in [0.1, 0.15) is 21.6 Å². The molecule has 4 rings (SSSR count). The van der Waals surface area contributed by atoms with Crippen molar-refractivity contribution in [1.29, 1.82) is 0 Å². The van der Waals surface area contributed by atoms with Crippen LogP contribution in [-0.2, 0) is 6.54 Å². The second-order valence-electron chi connectivity index (χ2n) is 6.45. The summed E-state index contributed by atoms with van der Waals surface area (Å²) in [6, 6.07) is 18.5. The molecular formula is C22H20N4O3. The molecule has 0 unspecified atom stereocenters. The van der Waals surface area contributed by atoms with Gasteiger partial charge in [-0.25, -0.2) is 4.99 Å². The minimum absolute atomic E-state index is 0.159. The van der Waals surface area contributed by atoms with E-state index in [1.807, 2.05) is 49.4 Å². The van der Waals surface area contributed by atoms with Crippen LogP contribution in [0, 0.1) is 6.92 Å². The number of nitrogens with one attached hydrogen (secondary N) is 2. The molecule has 1 aliphatic heterocycles. The molecule has 0 spiro atoms. The van der Waals surface area contributed by atoms with Gasteiger partial charge in [0.15, 0.2) is 11.5 Å². The van der Waals surface area contributed by atoms with Crippen LogP contribution in [0.2, 0.25) is 0 Å². The molecule has 0 fully saturated rings. The highest BCUT2D eigenvalue weighted by molar-refractivity contribution is 6.10. The standard InChI is InChI=1S/C22H20N4O3/c1-15-6-2-3-8-18(15)25-22(24-13-17-7-4-5-11-23-17)26-21(27)16-9-10-19-20(12-16)29-14-28-19/h2-12H,13-14H2,1H3,(H2,24,25,26,27). The number of aliphatic imine (C=N–C) groups is 1. The topological polar surface area (TPSA) is 84.8 Å². The Kier molecular flexibility index (Phi) is 5.38. The number of guanidine groups is 1. The van der Waals surface area contributed by atoms with E-state index < -0.39 is 0 Å². The zero-order valence-electron chi connectivity index (χ0n) is 15.9. The third-order valence-electron chi connectivity index (χ3n) is 4.39. The first-order valence-electron chi connectivity index (χ1n) is 9.17. The number of carbonyl (C=O) groups excluding carboxylic acids is 1. The molecular weight excluding hydrogens is 368 g/mol. The molecule has 1 aromatic heterocycles. The van der Waals surface area contributed by atoms with Crippen LogP contribution in [0.3, 0.4) is 0 Å². The van der Waals surface area contributed by atoms with Crippen molar-refractivity contribution in [3.8, 4) is 11.5 Å². The number of carbonyl (C=O) groups is 1. The average molecular weight is 388 g/mol. The highest BCUT2D eigenvalue weighted by Gasteiger charge is 2.17. The van der Waals surface area contributed by atoms with E-state index in [4.69, 9.17) is 9.47 Å². The summed E-state index contributed by atoms with van der Waals surface area (Å²) in [6.07, 6.45) is 1.71. The first kappa shape index (κ1) is 18.5. The van der Waals surface area contributed by atoms with E-state index in [0.29, 0.717) is 29.6 Å². The summed E-state index contributed by atoms with van der Waals surface area (Å²) in [5.74, 6) is 1.22. The number of anilines is 1. The van der Waals surface area contributed by atoms with Crippen molar-refractivity contribution in [3.63, 3.8) is 0 Å². The maximum absolute atomic E-state index is 12.8. The van der Waals surface area contributed by atoms with Gasteiger partial charge < -0.3 is 14.8 Å². The zero-order valence-corrected chi connectivity index (χ0v) is 15.9. The molecule has 3 aromatic rings. The predicted molar refractivity (Wildman–Crippen MR) is 110 cm³/mol. The molecule has 1 aliphatic rings. The summed E-state index contributed by atoms with van der Waals surface area (Å²) in [4.78, 5) is 21.6. The molecule has 1 amide bonds. The van der Waals surface area contributed by atoms with Gasteiger partial charge in [-0.3, -0.25) is 15.1 Å². The van der Waals surface area contributed by atoms with Gasteiger partial charge >= 0.3 is 0 Å². The smallest absolute Gasteiger partial charge is 0.258 e. The van der Waals surface area contributed by atoms with E-state index in [0.717, 1.165) is 16.9 Å². The van der Waals surface area contributed by atoms with E-state index in [1.54, 1.807) is 24.4 Å². The second kappa shape index (κ2) is 8.43. The normalized spacial score (nSPS) is 12.5. The molecule has 0 saturated carbocycles. The summed E-state index contributed by atoms with van der Waals surface area (Å²) in [5.41, 5.74) is 3.15. The van der Waals surface area contributed by atoms with Crippen molar-refractivity contribution in [2.75, 3.05) is 12.1 Å². The number of hydrogen-bond donors (Lipinski definition) is 2. The van der Waals surface area contributed by atoms with Gasteiger partial charge in [0.25, 0.3) is 5.91 Å². The molecule has 0 atom stereocenters. The fraction of sp³-hybridized carbons (Fsp3) is 0.136. The first-order valence-corrected chi connectivity index (χ1v) is 9.17. The number of nitrogens with zero attached hydrogens (tertiary/aromatic N) is 2. The number of ether oxygens (including phenoxy) is 2. The van der Waals surface area contributed by atoms with Crippen LogP contribution in [-0.4, -0.2) is 23.6 Å². The lowest BCUT2D eigenvalue weighted by Gasteiger charge is -2.13. The van der Waals surface area contributed by atoms with Gasteiger partial charge in [-0.1, -0.05) is 24.3 Å². The van der Waals surface area contributed by atoms with Gasteiger partial charge in [0, 0.05) is 17.4 Å². The van der Waals surface area contributed by atoms with Crippen molar-refractivity contribution in [2.45, 2.75) is 13.5 Å². The Morgan fingerprint density at radius 3 is 2.72 bits per heavy atom.